The lowest BCUT2D eigenvalue weighted by molar-refractivity contribution is 0.659. The van der Waals surface area contributed by atoms with E-state index in [4.69, 9.17) is 0 Å². The van der Waals surface area contributed by atoms with Crippen LogP contribution < -0.4 is 0 Å². The molecule has 0 heteroatoms. The topological polar surface area (TPSA) is 0 Å². The molecular formula is C34H36. The summed E-state index contributed by atoms with van der Waals surface area (Å²) >= 11 is 0. The van der Waals surface area contributed by atoms with Gasteiger partial charge in [-0.3, -0.25) is 0 Å². The van der Waals surface area contributed by atoms with E-state index in [-0.39, 0.29) is 10.8 Å². The molecule has 0 amide bonds. The average Bonchev–Trinajstić information content (AvgIpc) is 3.13. The smallest absolute Gasteiger partial charge is 0.0159 e. The standard InChI is InChI=1S/2C17H18/c2*1-11-5-7-13-14-8-6-12(2)10-16(14)17(3,4)15(13)9-11/h2*5-10H,1-4H3. The largest absolute Gasteiger partial charge is 0.0587 e. The third-order valence-corrected chi connectivity index (χ3v) is 7.97. The fraction of sp³-hybridized carbons (Fsp3) is 0.294. The van der Waals surface area contributed by atoms with E-state index in [2.05, 4.69) is 128 Å². The van der Waals surface area contributed by atoms with Gasteiger partial charge in [0.15, 0.2) is 0 Å². The molecule has 0 aromatic heterocycles. The van der Waals surface area contributed by atoms with Crippen LogP contribution in [-0.2, 0) is 10.8 Å². The molecule has 0 saturated heterocycles. The molecule has 6 rings (SSSR count). The normalized spacial score (nSPS) is 15.5. The van der Waals surface area contributed by atoms with Gasteiger partial charge in [-0.1, -0.05) is 123 Å². The van der Waals surface area contributed by atoms with E-state index in [0.29, 0.717) is 0 Å². The maximum atomic E-state index is 2.34. The zero-order valence-corrected chi connectivity index (χ0v) is 21.9. The van der Waals surface area contributed by atoms with Crippen molar-refractivity contribution in [2.45, 2.75) is 66.2 Å². The molecule has 0 heterocycles. The maximum absolute atomic E-state index is 2.34. The van der Waals surface area contributed by atoms with Gasteiger partial charge in [-0.2, -0.15) is 0 Å². The fourth-order valence-electron chi connectivity index (χ4n) is 5.93. The minimum absolute atomic E-state index is 0.142. The Hall–Kier alpha value is -3.12. The van der Waals surface area contributed by atoms with Crippen molar-refractivity contribution in [2.75, 3.05) is 0 Å². The first kappa shape index (κ1) is 22.7. The van der Waals surface area contributed by atoms with Gasteiger partial charge in [-0.05, 0) is 72.2 Å². The van der Waals surface area contributed by atoms with Gasteiger partial charge in [0.1, 0.15) is 0 Å². The van der Waals surface area contributed by atoms with Crippen LogP contribution in [0, 0.1) is 27.7 Å². The number of hydrogen-bond acceptors (Lipinski definition) is 0. The highest BCUT2D eigenvalue weighted by Crippen LogP contribution is 2.50. The number of aryl methyl sites for hydroxylation is 4. The van der Waals surface area contributed by atoms with Crippen molar-refractivity contribution >= 4 is 0 Å². The predicted octanol–water partition coefficient (Wildman–Crippen LogP) is 9.22. The Kier molecular flexibility index (Phi) is 5.13. The lowest BCUT2D eigenvalue weighted by Crippen LogP contribution is -2.15. The first-order valence-corrected chi connectivity index (χ1v) is 12.5. The molecule has 0 unspecified atom stereocenters. The number of benzene rings is 4. The number of fused-ring (bicyclic) bond motifs is 6. The van der Waals surface area contributed by atoms with Crippen LogP contribution in [0.25, 0.3) is 22.3 Å². The first-order valence-electron chi connectivity index (χ1n) is 12.5. The maximum Gasteiger partial charge on any atom is 0.0159 e. The van der Waals surface area contributed by atoms with Gasteiger partial charge in [0, 0.05) is 10.8 Å². The number of rotatable bonds is 0. The monoisotopic (exact) mass is 444 g/mol. The molecule has 2 aliphatic rings. The van der Waals surface area contributed by atoms with E-state index >= 15 is 0 Å². The molecule has 2 aliphatic carbocycles. The van der Waals surface area contributed by atoms with Crippen LogP contribution in [-0.4, -0.2) is 0 Å². The van der Waals surface area contributed by atoms with Gasteiger partial charge in [-0.25, -0.2) is 0 Å². The van der Waals surface area contributed by atoms with Crippen LogP contribution in [0.4, 0.5) is 0 Å². The Balaban J connectivity index is 0.000000142. The second-order valence-electron chi connectivity index (χ2n) is 11.4. The minimum Gasteiger partial charge on any atom is -0.0587 e. The van der Waals surface area contributed by atoms with Crippen molar-refractivity contribution in [1.29, 1.82) is 0 Å². The van der Waals surface area contributed by atoms with Crippen molar-refractivity contribution in [3.63, 3.8) is 0 Å². The molecule has 0 N–H and O–H groups in total. The SMILES string of the molecule is Cc1ccc2c(c1)C(C)(C)c1cc(C)ccc1-2.Cc1ccc2c(c1)C(C)(C)c1cc(C)ccc1-2. The molecule has 0 saturated carbocycles. The lowest BCUT2D eigenvalue weighted by Gasteiger charge is -2.22. The van der Waals surface area contributed by atoms with E-state index in [1.807, 2.05) is 0 Å². The molecule has 0 atom stereocenters. The molecular weight excluding hydrogens is 408 g/mol. The highest BCUT2D eigenvalue weighted by atomic mass is 14.4. The van der Waals surface area contributed by atoms with Crippen molar-refractivity contribution in [1.82, 2.24) is 0 Å². The van der Waals surface area contributed by atoms with Crippen LogP contribution in [0.1, 0.15) is 72.2 Å². The summed E-state index contributed by atoms with van der Waals surface area (Å²) in [6.07, 6.45) is 0. The zero-order valence-electron chi connectivity index (χ0n) is 21.9. The molecule has 0 spiro atoms. The van der Waals surface area contributed by atoms with Gasteiger partial charge in [0.25, 0.3) is 0 Å². The summed E-state index contributed by atoms with van der Waals surface area (Å²) in [6.45, 7) is 18.0. The average molecular weight is 445 g/mol. The van der Waals surface area contributed by atoms with E-state index in [9.17, 15) is 0 Å². The van der Waals surface area contributed by atoms with Gasteiger partial charge >= 0.3 is 0 Å². The molecule has 0 fully saturated rings. The van der Waals surface area contributed by atoms with Crippen LogP contribution >= 0.6 is 0 Å². The molecule has 4 aromatic rings. The van der Waals surface area contributed by atoms with E-state index in [1.165, 1.54) is 66.8 Å². The summed E-state index contributed by atoms with van der Waals surface area (Å²) in [5, 5.41) is 0. The number of hydrogen-bond donors (Lipinski definition) is 0. The summed E-state index contributed by atoms with van der Waals surface area (Å²) in [4.78, 5) is 0. The molecule has 4 aromatic carbocycles. The van der Waals surface area contributed by atoms with E-state index in [0.717, 1.165) is 0 Å². The van der Waals surface area contributed by atoms with E-state index in [1.54, 1.807) is 0 Å². The second kappa shape index (κ2) is 7.70. The molecule has 34 heavy (non-hydrogen) atoms. The first-order chi connectivity index (χ1) is 16.0. The lowest BCUT2D eigenvalue weighted by atomic mass is 9.81. The third-order valence-electron chi connectivity index (χ3n) is 7.97. The van der Waals surface area contributed by atoms with Crippen molar-refractivity contribution in [3.8, 4) is 22.3 Å². The van der Waals surface area contributed by atoms with E-state index < -0.39 is 0 Å². The van der Waals surface area contributed by atoms with Crippen molar-refractivity contribution in [2.24, 2.45) is 0 Å². The van der Waals surface area contributed by atoms with Gasteiger partial charge in [0.2, 0.25) is 0 Å². The fourth-order valence-corrected chi connectivity index (χ4v) is 5.93. The van der Waals surface area contributed by atoms with Crippen LogP contribution in [0.2, 0.25) is 0 Å². The highest BCUT2D eigenvalue weighted by molar-refractivity contribution is 5.82. The molecule has 172 valence electrons. The summed E-state index contributed by atoms with van der Waals surface area (Å²) in [5.41, 5.74) is 17.2. The summed E-state index contributed by atoms with van der Waals surface area (Å²) in [6, 6.07) is 27.3. The Bertz CT molecular complexity index is 1210. The summed E-state index contributed by atoms with van der Waals surface area (Å²) < 4.78 is 0. The Morgan fingerprint density at radius 2 is 0.559 bits per heavy atom. The Morgan fingerprint density at radius 1 is 0.353 bits per heavy atom. The molecule has 0 aliphatic heterocycles. The van der Waals surface area contributed by atoms with Crippen LogP contribution in [0.15, 0.2) is 72.8 Å². The van der Waals surface area contributed by atoms with Gasteiger partial charge in [-0.15, -0.1) is 0 Å². The molecule has 0 nitrogen and oxygen atoms in total. The highest BCUT2D eigenvalue weighted by Gasteiger charge is 2.36. The molecule has 0 radical (unpaired) electrons. The quantitative estimate of drug-likeness (QED) is 0.253. The minimum atomic E-state index is 0.142. The van der Waals surface area contributed by atoms with Crippen molar-refractivity contribution in [3.05, 3.63) is 117 Å². The Labute approximate surface area is 205 Å². The summed E-state index contributed by atoms with van der Waals surface area (Å²) in [7, 11) is 0. The van der Waals surface area contributed by atoms with Gasteiger partial charge < -0.3 is 0 Å². The van der Waals surface area contributed by atoms with Gasteiger partial charge in [0.05, 0.1) is 0 Å². The second-order valence-corrected chi connectivity index (χ2v) is 11.4. The molecule has 0 bridgehead atoms. The summed E-state index contributed by atoms with van der Waals surface area (Å²) in [5.74, 6) is 0. The van der Waals surface area contributed by atoms with Crippen molar-refractivity contribution < 1.29 is 0 Å². The zero-order chi connectivity index (χ0) is 24.4. The van der Waals surface area contributed by atoms with Crippen LogP contribution in [0.5, 0.6) is 0 Å². The Morgan fingerprint density at radius 3 is 0.765 bits per heavy atom. The third kappa shape index (κ3) is 3.43. The van der Waals surface area contributed by atoms with Crippen LogP contribution in [0.3, 0.4) is 0 Å². The predicted molar refractivity (Wildman–Crippen MR) is 147 cm³/mol.